The van der Waals surface area contributed by atoms with E-state index in [2.05, 4.69) is 41.7 Å². The molecule has 4 heteroatoms. The Morgan fingerprint density at radius 3 is 2.80 bits per heavy atom. The van der Waals surface area contributed by atoms with Gasteiger partial charge < -0.3 is 14.6 Å². The van der Waals surface area contributed by atoms with Gasteiger partial charge in [-0.05, 0) is 25.6 Å². The van der Waals surface area contributed by atoms with Crippen LogP contribution in [0.5, 0.6) is 5.75 Å². The fraction of sp³-hybridized carbons (Fsp3) is 0.438. The van der Waals surface area contributed by atoms with Crippen LogP contribution in [0.2, 0.25) is 0 Å². The summed E-state index contributed by atoms with van der Waals surface area (Å²) in [6.07, 6.45) is 4.76. The van der Waals surface area contributed by atoms with Gasteiger partial charge in [0.25, 0.3) is 0 Å². The van der Waals surface area contributed by atoms with Crippen molar-refractivity contribution in [3.05, 3.63) is 42.0 Å². The number of aromatic nitrogens is 2. The summed E-state index contributed by atoms with van der Waals surface area (Å²) in [4.78, 5) is 4.41. The Balaban J connectivity index is 2.57. The molecule has 4 nitrogen and oxygen atoms in total. The molecule has 0 radical (unpaired) electrons. The molecule has 1 aromatic heterocycles. The second kappa shape index (κ2) is 6.57. The van der Waals surface area contributed by atoms with Crippen LogP contribution < -0.4 is 10.1 Å². The number of benzene rings is 1. The van der Waals surface area contributed by atoms with Crippen molar-refractivity contribution >= 4 is 0 Å². The van der Waals surface area contributed by atoms with Gasteiger partial charge in [0.1, 0.15) is 11.6 Å². The summed E-state index contributed by atoms with van der Waals surface area (Å²) in [7, 11) is 1.72. The molecule has 20 heavy (non-hydrogen) atoms. The number of hydrogen-bond donors (Lipinski definition) is 1. The Kier molecular flexibility index (Phi) is 4.79. The van der Waals surface area contributed by atoms with Gasteiger partial charge >= 0.3 is 0 Å². The summed E-state index contributed by atoms with van der Waals surface area (Å²) in [5.74, 6) is 1.97. The molecular weight excluding hydrogens is 250 g/mol. The largest absolute Gasteiger partial charge is 0.496 e. The first-order valence-electron chi connectivity index (χ1n) is 7.15. The maximum Gasteiger partial charge on any atom is 0.125 e. The highest BCUT2D eigenvalue weighted by Gasteiger charge is 2.17. The van der Waals surface area contributed by atoms with E-state index in [4.69, 9.17) is 4.74 Å². The molecule has 108 valence electrons. The Bertz CT molecular complexity index is 563. The zero-order chi connectivity index (χ0) is 14.5. The van der Waals surface area contributed by atoms with Gasteiger partial charge in [0.05, 0.1) is 12.8 Å². The van der Waals surface area contributed by atoms with Crippen molar-refractivity contribution in [1.29, 1.82) is 0 Å². The highest BCUT2D eigenvalue weighted by atomic mass is 16.5. The molecule has 2 aromatic rings. The van der Waals surface area contributed by atoms with E-state index in [1.54, 1.807) is 7.11 Å². The molecule has 1 N–H and O–H groups in total. The number of nitrogens with zero attached hydrogens (tertiary/aromatic N) is 2. The molecule has 0 amide bonds. The molecule has 0 aliphatic rings. The molecule has 1 heterocycles. The number of imidazole rings is 1. The van der Waals surface area contributed by atoms with Crippen LogP contribution >= 0.6 is 0 Å². The zero-order valence-electron chi connectivity index (χ0n) is 12.7. The molecule has 1 aromatic carbocycles. The fourth-order valence-electron chi connectivity index (χ4n) is 2.58. The van der Waals surface area contributed by atoms with Crippen molar-refractivity contribution in [2.45, 2.75) is 33.2 Å². The fourth-order valence-corrected chi connectivity index (χ4v) is 2.58. The van der Waals surface area contributed by atoms with E-state index >= 15 is 0 Å². The first-order valence-corrected chi connectivity index (χ1v) is 7.15. The van der Waals surface area contributed by atoms with E-state index in [9.17, 15) is 0 Å². The van der Waals surface area contributed by atoms with Crippen LogP contribution in [0, 0.1) is 0 Å². The molecule has 0 saturated carbocycles. The minimum absolute atomic E-state index is 0.221. The quantitative estimate of drug-likeness (QED) is 0.879. The van der Waals surface area contributed by atoms with E-state index in [1.807, 2.05) is 24.5 Å². The van der Waals surface area contributed by atoms with E-state index in [0.717, 1.165) is 30.2 Å². The van der Waals surface area contributed by atoms with Gasteiger partial charge in [-0.1, -0.05) is 19.9 Å². The van der Waals surface area contributed by atoms with Gasteiger partial charge in [0, 0.05) is 30.4 Å². The maximum absolute atomic E-state index is 5.55. The average molecular weight is 273 g/mol. The van der Waals surface area contributed by atoms with Crippen LogP contribution in [0.15, 0.2) is 30.6 Å². The topological polar surface area (TPSA) is 39.1 Å². The molecule has 0 saturated heterocycles. The smallest absolute Gasteiger partial charge is 0.125 e. The second-order valence-electron chi connectivity index (χ2n) is 4.74. The van der Waals surface area contributed by atoms with Crippen LogP contribution in [0.4, 0.5) is 0 Å². The molecule has 0 aliphatic heterocycles. The Morgan fingerprint density at radius 2 is 2.15 bits per heavy atom. The average Bonchev–Trinajstić information content (AvgIpc) is 2.94. The standard InChI is InChI=1S/C16H23N3O/c1-5-15-18-10-11-19(15)13-8-7-9-14(20-4)16(13)12(3)17-6-2/h7-12,17H,5-6H2,1-4H3. The van der Waals surface area contributed by atoms with E-state index in [0.29, 0.717) is 0 Å². The molecular formula is C16H23N3O. The normalized spacial score (nSPS) is 12.4. The van der Waals surface area contributed by atoms with Gasteiger partial charge in [0.15, 0.2) is 0 Å². The molecule has 0 bridgehead atoms. The SMILES string of the molecule is CCNC(C)c1c(OC)cccc1-n1ccnc1CC. The minimum atomic E-state index is 0.221. The number of rotatable bonds is 6. The molecule has 1 unspecified atom stereocenters. The third-order valence-electron chi connectivity index (χ3n) is 3.50. The van der Waals surface area contributed by atoms with Crippen molar-refractivity contribution in [3.63, 3.8) is 0 Å². The summed E-state index contributed by atoms with van der Waals surface area (Å²) in [6, 6.07) is 6.37. The third-order valence-corrected chi connectivity index (χ3v) is 3.50. The lowest BCUT2D eigenvalue weighted by Crippen LogP contribution is -2.20. The number of ether oxygens (including phenoxy) is 1. The van der Waals surface area contributed by atoms with Crippen LogP contribution in [0.1, 0.15) is 38.2 Å². The van der Waals surface area contributed by atoms with E-state index < -0.39 is 0 Å². The predicted octanol–water partition coefficient (Wildman–Crippen LogP) is 3.11. The van der Waals surface area contributed by atoms with Crippen molar-refractivity contribution in [2.24, 2.45) is 0 Å². The van der Waals surface area contributed by atoms with Crippen LogP contribution in [-0.2, 0) is 6.42 Å². The molecule has 0 aliphatic carbocycles. The Hall–Kier alpha value is -1.81. The minimum Gasteiger partial charge on any atom is -0.496 e. The summed E-state index contributed by atoms with van der Waals surface area (Å²) in [5, 5.41) is 3.46. The second-order valence-corrected chi connectivity index (χ2v) is 4.74. The Morgan fingerprint density at radius 1 is 1.35 bits per heavy atom. The Labute approximate surface area is 120 Å². The molecule has 0 fully saturated rings. The predicted molar refractivity (Wildman–Crippen MR) is 81.6 cm³/mol. The van der Waals surface area contributed by atoms with Gasteiger partial charge in [-0.3, -0.25) is 0 Å². The van der Waals surface area contributed by atoms with Crippen LogP contribution in [0.3, 0.4) is 0 Å². The highest BCUT2D eigenvalue weighted by Crippen LogP contribution is 2.31. The van der Waals surface area contributed by atoms with Gasteiger partial charge in [0.2, 0.25) is 0 Å². The number of nitrogens with one attached hydrogen (secondary N) is 1. The molecule has 1 atom stereocenters. The van der Waals surface area contributed by atoms with Crippen molar-refractivity contribution in [3.8, 4) is 11.4 Å². The van der Waals surface area contributed by atoms with Crippen LogP contribution in [0.25, 0.3) is 5.69 Å². The zero-order valence-corrected chi connectivity index (χ0v) is 12.7. The maximum atomic E-state index is 5.55. The van der Waals surface area contributed by atoms with Gasteiger partial charge in [-0.15, -0.1) is 0 Å². The van der Waals surface area contributed by atoms with Gasteiger partial charge in [-0.2, -0.15) is 0 Å². The van der Waals surface area contributed by atoms with Crippen LogP contribution in [-0.4, -0.2) is 23.2 Å². The van der Waals surface area contributed by atoms with E-state index in [-0.39, 0.29) is 6.04 Å². The van der Waals surface area contributed by atoms with E-state index in [1.165, 1.54) is 5.56 Å². The monoisotopic (exact) mass is 273 g/mol. The highest BCUT2D eigenvalue weighted by molar-refractivity contribution is 5.52. The summed E-state index contributed by atoms with van der Waals surface area (Å²) >= 11 is 0. The lowest BCUT2D eigenvalue weighted by Gasteiger charge is -2.21. The van der Waals surface area contributed by atoms with Crippen molar-refractivity contribution in [2.75, 3.05) is 13.7 Å². The first-order chi connectivity index (χ1) is 9.72. The van der Waals surface area contributed by atoms with Crippen molar-refractivity contribution < 1.29 is 4.74 Å². The lowest BCUT2D eigenvalue weighted by molar-refractivity contribution is 0.402. The van der Waals surface area contributed by atoms with Gasteiger partial charge in [-0.25, -0.2) is 4.98 Å². The molecule has 0 spiro atoms. The molecule has 2 rings (SSSR count). The van der Waals surface area contributed by atoms with Crippen molar-refractivity contribution in [1.82, 2.24) is 14.9 Å². The summed E-state index contributed by atoms with van der Waals surface area (Å²) < 4.78 is 7.70. The number of hydrogen-bond acceptors (Lipinski definition) is 3. The lowest BCUT2D eigenvalue weighted by atomic mass is 10.0. The summed E-state index contributed by atoms with van der Waals surface area (Å²) in [5.41, 5.74) is 2.30. The summed E-state index contributed by atoms with van der Waals surface area (Å²) in [6.45, 7) is 7.31. The number of aryl methyl sites for hydroxylation is 1. The third kappa shape index (κ3) is 2.70. The first kappa shape index (κ1) is 14.6. The number of methoxy groups -OCH3 is 1.